The van der Waals surface area contributed by atoms with Crippen molar-refractivity contribution in [3.63, 3.8) is 0 Å². The molecule has 2 aromatic rings. The molecule has 3 rings (SSSR count). The van der Waals surface area contributed by atoms with E-state index in [4.69, 9.17) is 23.2 Å². The minimum atomic E-state index is -0.358. The summed E-state index contributed by atoms with van der Waals surface area (Å²) in [5.41, 5.74) is 1.68. The van der Waals surface area contributed by atoms with Crippen LogP contribution in [0.25, 0.3) is 0 Å². The molecule has 0 radical (unpaired) electrons. The van der Waals surface area contributed by atoms with E-state index in [0.29, 0.717) is 21.7 Å². The Hall–Kier alpha value is -1.55. The van der Waals surface area contributed by atoms with Crippen molar-refractivity contribution in [3.05, 3.63) is 64.1 Å². The molecule has 1 amide bonds. The van der Waals surface area contributed by atoms with Gasteiger partial charge in [0.2, 0.25) is 5.91 Å². The van der Waals surface area contributed by atoms with Crippen LogP contribution in [0.5, 0.6) is 0 Å². The molecular formula is C19H20Cl2N2O. The van der Waals surface area contributed by atoms with E-state index in [-0.39, 0.29) is 18.0 Å². The second-order valence-corrected chi connectivity index (χ2v) is 7.01. The van der Waals surface area contributed by atoms with Gasteiger partial charge in [0.05, 0.1) is 21.8 Å². The third-order valence-electron chi connectivity index (χ3n) is 4.29. The number of amides is 1. The van der Waals surface area contributed by atoms with Crippen LogP contribution in [0, 0.1) is 5.92 Å². The second-order valence-electron chi connectivity index (χ2n) is 6.20. The first-order valence-electron chi connectivity index (χ1n) is 8.12. The quantitative estimate of drug-likeness (QED) is 0.753. The summed E-state index contributed by atoms with van der Waals surface area (Å²) >= 11 is 12.2. The number of nitrogens with one attached hydrogen (secondary N) is 2. The van der Waals surface area contributed by atoms with Crippen LogP contribution in [-0.4, -0.2) is 11.9 Å². The van der Waals surface area contributed by atoms with Gasteiger partial charge in [0.1, 0.15) is 0 Å². The molecule has 1 aliphatic rings. The molecule has 0 saturated heterocycles. The van der Waals surface area contributed by atoms with Gasteiger partial charge >= 0.3 is 0 Å². The smallest absolute Gasteiger partial charge is 0.241 e. The van der Waals surface area contributed by atoms with Gasteiger partial charge in [0.25, 0.3) is 0 Å². The standard InChI is InChI=1S/C19H20Cl2N2O/c1-12(19(24)23-18-15(20)8-5-9-16(18)21)22-17(14-10-11-14)13-6-3-2-4-7-13/h2-9,12,14,17,22H,10-11H2,1H3,(H,23,24)/t12-,17+/m0/s1. The summed E-state index contributed by atoms with van der Waals surface area (Å²) in [4.78, 5) is 12.5. The van der Waals surface area contributed by atoms with E-state index in [1.54, 1.807) is 18.2 Å². The van der Waals surface area contributed by atoms with Crippen molar-refractivity contribution < 1.29 is 4.79 Å². The Morgan fingerprint density at radius 1 is 1.04 bits per heavy atom. The summed E-state index contributed by atoms with van der Waals surface area (Å²) in [7, 11) is 0. The van der Waals surface area contributed by atoms with Gasteiger partial charge in [-0.2, -0.15) is 0 Å². The lowest BCUT2D eigenvalue weighted by Crippen LogP contribution is -2.41. The van der Waals surface area contributed by atoms with Gasteiger partial charge in [-0.15, -0.1) is 0 Å². The molecule has 0 unspecified atom stereocenters. The number of para-hydroxylation sites is 1. The van der Waals surface area contributed by atoms with Gasteiger partial charge in [-0.05, 0) is 43.4 Å². The van der Waals surface area contributed by atoms with Crippen molar-refractivity contribution >= 4 is 34.8 Å². The lowest BCUT2D eigenvalue weighted by atomic mass is 10.0. The molecule has 1 saturated carbocycles. The number of carbonyl (C=O) groups is 1. The van der Waals surface area contributed by atoms with Crippen LogP contribution in [0.15, 0.2) is 48.5 Å². The van der Waals surface area contributed by atoms with Gasteiger partial charge in [-0.1, -0.05) is 59.6 Å². The maximum absolute atomic E-state index is 12.5. The highest BCUT2D eigenvalue weighted by Crippen LogP contribution is 2.41. The molecule has 2 N–H and O–H groups in total. The molecule has 5 heteroatoms. The normalized spacial score (nSPS) is 16.5. The first kappa shape index (κ1) is 17.3. The zero-order valence-corrected chi connectivity index (χ0v) is 14.9. The number of hydrogen-bond acceptors (Lipinski definition) is 2. The maximum atomic E-state index is 12.5. The highest BCUT2D eigenvalue weighted by Gasteiger charge is 2.34. The van der Waals surface area contributed by atoms with Crippen molar-refractivity contribution in [2.45, 2.75) is 31.8 Å². The largest absolute Gasteiger partial charge is 0.322 e. The second kappa shape index (κ2) is 7.56. The number of carbonyl (C=O) groups excluding carboxylic acids is 1. The van der Waals surface area contributed by atoms with Crippen molar-refractivity contribution in [3.8, 4) is 0 Å². The third kappa shape index (κ3) is 4.10. The number of halogens is 2. The zero-order valence-electron chi connectivity index (χ0n) is 13.4. The molecule has 1 fully saturated rings. The van der Waals surface area contributed by atoms with E-state index in [1.807, 2.05) is 25.1 Å². The van der Waals surface area contributed by atoms with E-state index >= 15 is 0 Å². The lowest BCUT2D eigenvalue weighted by molar-refractivity contribution is -0.118. The Kier molecular flexibility index (Phi) is 5.44. The fourth-order valence-electron chi connectivity index (χ4n) is 2.79. The third-order valence-corrected chi connectivity index (χ3v) is 4.92. The van der Waals surface area contributed by atoms with Crippen LogP contribution >= 0.6 is 23.2 Å². The molecule has 2 atom stereocenters. The summed E-state index contributed by atoms with van der Waals surface area (Å²) in [6.07, 6.45) is 2.38. The van der Waals surface area contributed by atoms with Crippen LogP contribution in [0.4, 0.5) is 5.69 Å². The Morgan fingerprint density at radius 3 is 2.25 bits per heavy atom. The molecule has 2 aromatic carbocycles. The van der Waals surface area contributed by atoms with E-state index < -0.39 is 0 Å². The van der Waals surface area contributed by atoms with Gasteiger partial charge in [-0.25, -0.2) is 0 Å². The van der Waals surface area contributed by atoms with Crippen molar-refractivity contribution in [2.75, 3.05) is 5.32 Å². The van der Waals surface area contributed by atoms with E-state index in [9.17, 15) is 4.79 Å². The van der Waals surface area contributed by atoms with Crippen LogP contribution in [0.1, 0.15) is 31.4 Å². The molecule has 0 aliphatic heterocycles. The molecule has 0 spiro atoms. The molecular weight excluding hydrogens is 343 g/mol. The summed E-state index contributed by atoms with van der Waals surface area (Å²) in [5, 5.41) is 7.16. The monoisotopic (exact) mass is 362 g/mol. The Morgan fingerprint density at radius 2 is 1.67 bits per heavy atom. The summed E-state index contributed by atoms with van der Waals surface area (Å²) in [6, 6.07) is 15.3. The number of benzene rings is 2. The molecule has 24 heavy (non-hydrogen) atoms. The Bertz CT molecular complexity index is 696. The molecule has 126 valence electrons. The average Bonchev–Trinajstić information content (AvgIpc) is 3.41. The fraction of sp³-hybridized carbons (Fsp3) is 0.316. The minimum absolute atomic E-state index is 0.147. The average molecular weight is 363 g/mol. The highest BCUT2D eigenvalue weighted by atomic mass is 35.5. The van der Waals surface area contributed by atoms with E-state index in [2.05, 4.69) is 22.8 Å². The highest BCUT2D eigenvalue weighted by molar-refractivity contribution is 6.39. The van der Waals surface area contributed by atoms with E-state index in [0.717, 1.165) is 0 Å². The predicted octanol–water partition coefficient (Wildman–Crippen LogP) is 5.06. The molecule has 1 aliphatic carbocycles. The molecule has 0 bridgehead atoms. The van der Waals surface area contributed by atoms with Crippen LogP contribution in [-0.2, 0) is 4.79 Å². The SMILES string of the molecule is C[C@H](N[C@H](c1ccccc1)C1CC1)C(=O)Nc1c(Cl)cccc1Cl. The first-order chi connectivity index (χ1) is 11.6. The van der Waals surface area contributed by atoms with Crippen molar-refractivity contribution in [2.24, 2.45) is 5.92 Å². The van der Waals surface area contributed by atoms with Crippen molar-refractivity contribution in [1.82, 2.24) is 5.32 Å². The van der Waals surface area contributed by atoms with E-state index in [1.165, 1.54) is 18.4 Å². The zero-order chi connectivity index (χ0) is 17.1. The summed E-state index contributed by atoms with van der Waals surface area (Å²) in [5.74, 6) is 0.443. The van der Waals surface area contributed by atoms with Crippen LogP contribution in [0.3, 0.4) is 0 Å². The fourth-order valence-corrected chi connectivity index (χ4v) is 3.28. The minimum Gasteiger partial charge on any atom is -0.322 e. The molecule has 0 aromatic heterocycles. The topological polar surface area (TPSA) is 41.1 Å². The Balaban J connectivity index is 1.69. The first-order valence-corrected chi connectivity index (χ1v) is 8.87. The van der Waals surface area contributed by atoms with Gasteiger partial charge < -0.3 is 5.32 Å². The maximum Gasteiger partial charge on any atom is 0.241 e. The molecule has 0 heterocycles. The number of rotatable bonds is 6. The van der Waals surface area contributed by atoms with Crippen LogP contribution < -0.4 is 10.6 Å². The van der Waals surface area contributed by atoms with Crippen LogP contribution in [0.2, 0.25) is 10.0 Å². The summed E-state index contributed by atoms with van der Waals surface area (Å²) in [6.45, 7) is 1.86. The summed E-state index contributed by atoms with van der Waals surface area (Å²) < 4.78 is 0. The predicted molar refractivity (Wildman–Crippen MR) is 99.6 cm³/mol. The molecule has 3 nitrogen and oxygen atoms in total. The van der Waals surface area contributed by atoms with Gasteiger partial charge in [0, 0.05) is 6.04 Å². The Labute approximate surface area is 152 Å². The van der Waals surface area contributed by atoms with Crippen molar-refractivity contribution in [1.29, 1.82) is 0 Å². The number of hydrogen-bond donors (Lipinski definition) is 2. The number of anilines is 1. The van der Waals surface area contributed by atoms with Gasteiger partial charge in [-0.3, -0.25) is 10.1 Å². The lowest BCUT2D eigenvalue weighted by Gasteiger charge is -2.23. The van der Waals surface area contributed by atoms with Gasteiger partial charge in [0.15, 0.2) is 0 Å².